The minimum Gasteiger partial charge on any atom is -0.396 e. The summed E-state index contributed by atoms with van der Waals surface area (Å²) in [6.45, 7) is 3.37. The molecule has 2 aromatic rings. The maximum atomic E-state index is 13.9. The number of nitrogens with zero attached hydrogens (tertiary/aromatic N) is 1. The number of carbonyl (C=O) groups excluding carboxylic acids is 1. The van der Waals surface area contributed by atoms with Crippen LogP contribution in [0.5, 0.6) is 0 Å². The first-order chi connectivity index (χ1) is 15.0. The highest BCUT2D eigenvalue weighted by Crippen LogP contribution is 2.29. The van der Waals surface area contributed by atoms with Gasteiger partial charge in [-0.1, -0.05) is 29.8 Å². The Kier molecular flexibility index (Phi) is 6.49. The van der Waals surface area contributed by atoms with Gasteiger partial charge in [0.25, 0.3) is 0 Å². The van der Waals surface area contributed by atoms with Crippen molar-refractivity contribution in [3.05, 3.63) is 88.9 Å². The van der Waals surface area contributed by atoms with Crippen LogP contribution in [0.2, 0.25) is 0 Å². The molecule has 2 aliphatic rings. The molecule has 0 saturated carbocycles. The van der Waals surface area contributed by atoms with Crippen molar-refractivity contribution in [2.24, 2.45) is 0 Å². The number of benzene rings is 2. The summed E-state index contributed by atoms with van der Waals surface area (Å²) >= 11 is 0. The summed E-state index contributed by atoms with van der Waals surface area (Å²) in [5.74, 6) is -0.368. The van der Waals surface area contributed by atoms with Crippen LogP contribution >= 0.6 is 0 Å². The van der Waals surface area contributed by atoms with E-state index in [1.54, 1.807) is 12.3 Å². The maximum Gasteiger partial charge on any atom is 0.193 e. The van der Waals surface area contributed by atoms with E-state index in [9.17, 15) is 14.3 Å². The van der Waals surface area contributed by atoms with E-state index in [2.05, 4.69) is 10.2 Å². The number of rotatable bonds is 7. The lowest BCUT2D eigenvalue weighted by atomic mass is 9.98. The van der Waals surface area contributed by atoms with Crippen LogP contribution < -0.4 is 10.2 Å². The molecule has 31 heavy (non-hydrogen) atoms. The Hall–Kier alpha value is -2.96. The number of aliphatic hydroxyl groups excluding tert-OH is 1. The van der Waals surface area contributed by atoms with Gasteiger partial charge in [-0.2, -0.15) is 0 Å². The first-order valence-corrected chi connectivity index (χ1v) is 10.6. The van der Waals surface area contributed by atoms with Crippen molar-refractivity contribution in [1.82, 2.24) is 5.32 Å². The average Bonchev–Trinajstić information content (AvgIpc) is 3.24. The van der Waals surface area contributed by atoms with Crippen molar-refractivity contribution in [3.63, 3.8) is 0 Å². The molecule has 6 heteroatoms. The molecule has 0 amide bonds. The molecule has 2 N–H and O–H groups in total. The van der Waals surface area contributed by atoms with E-state index in [4.69, 9.17) is 4.74 Å². The SMILES string of the molecule is Cc1ccc(C(=O)c2ccc(N3CC[C@H](OC4NC=CC=C4F)C3)c(CCO)c2)cc1. The van der Waals surface area contributed by atoms with Crippen molar-refractivity contribution in [2.45, 2.75) is 32.1 Å². The molecule has 1 unspecified atom stereocenters. The molecule has 2 aromatic carbocycles. The second-order valence-electron chi connectivity index (χ2n) is 7.96. The number of ketones is 1. The number of aliphatic hydroxyl groups is 1. The number of anilines is 1. The van der Waals surface area contributed by atoms with Crippen LogP contribution in [-0.2, 0) is 11.2 Å². The fraction of sp³-hybridized carbons (Fsp3) is 0.320. The van der Waals surface area contributed by atoms with Gasteiger partial charge >= 0.3 is 0 Å². The average molecular weight is 423 g/mol. The Morgan fingerprint density at radius 1 is 1.23 bits per heavy atom. The normalized spacial score (nSPS) is 20.5. The van der Waals surface area contributed by atoms with Gasteiger partial charge in [-0.3, -0.25) is 4.79 Å². The zero-order chi connectivity index (χ0) is 21.8. The predicted octanol–water partition coefficient (Wildman–Crippen LogP) is 3.65. The molecule has 0 bridgehead atoms. The van der Waals surface area contributed by atoms with Gasteiger partial charge in [-0.25, -0.2) is 4.39 Å². The number of aryl methyl sites for hydroxylation is 1. The summed E-state index contributed by atoms with van der Waals surface area (Å²) in [4.78, 5) is 15.1. The Morgan fingerprint density at radius 3 is 2.74 bits per heavy atom. The van der Waals surface area contributed by atoms with Gasteiger partial charge < -0.3 is 20.1 Å². The molecule has 162 valence electrons. The van der Waals surface area contributed by atoms with Crippen LogP contribution in [-0.4, -0.2) is 42.9 Å². The fourth-order valence-corrected chi connectivity index (χ4v) is 4.03. The number of carbonyl (C=O) groups is 1. The van der Waals surface area contributed by atoms with E-state index in [1.165, 1.54) is 6.08 Å². The second-order valence-corrected chi connectivity index (χ2v) is 7.96. The van der Waals surface area contributed by atoms with Gasteiger partial charge in [0.2, 0.25) is 0 Å². The Morgan fingerprint density at radius 2 is 2.00 bits per heavy atom. The lowest BCUT2D eigenvalue weighted by Gasteiger charge is -2.25. The monoisotopic (exact) mass is 422 g/mol. The standard InChI is InChI=1S/C25H27FN2O3/c1-17-4-6-18(7-5-17)24(30)20-8-9-23(19(15-20)11-14-29)28-13-10-21(16-28)31-25-22(26)3-2-12-27-25/h2-9,12,15,21,25,27,29H,10-11,13-14,16H2,1H3/t21-,25?/m0/s1. The fourth-order valence-electron chi connectivity index (χ4n) is 4.03. The number of nitrogens with one attached hydrogen (secondary N) is 1. The van der Waals surface area contributed by atoms with E-state index in [-0.39, 0.29) is 24.3 Å². The minimum atomic E-state index is -0.749. The molecule has 0 aromatic heterocycles. The van der Waals surface area contributed by atoms with Crippen molar-refractivity contribution >= 4 is 11.5 Å². The lowest BCUT2D eigenvalue weighted by Crippen LogP contribution is -2.35. The van der Waals surface area contributed by atoms with Gasteiger partial charge in [0.05, 0.1) is 6.10 Å². The number of hydrogen-bond donors (Lipinski definition) is 2. The van der Waals surface area contributed by atoms with Crippen molar-refractivity contribution in [2.75, 3.05) is 24.6 Å². The first kappa shape index (κ1) is 21.3. The van der Waals surface area contributed by atoms with Crippen LogP contribution in [0.25, 0.3) is 0 Å². The molecule has 2 heterocycles. The number of hydrogen-bond acceptors (Lipinski definition) is 5. The smallest absolute Gasteiger partial charge is 0.193 e. The van der Waals surface area contributed by atoms with Crippen LogP contribution in [0, 0.1) is 6.92 Å². The van der Waals surface area contributed by atoms with Crippen LogP contribution in [0.15, 0.2) is 66.6 Å². The summed E-state index contributed by atoms with van der Waals surface area (Å²) in [6.07, 6.45) is 5.05. The molecule has 5 nitrogen and oxygen atoms in total. The summed E-state index contributed by atoms with van der Waals surface area (Å²) in [6, 6.07) is 13.2. The molecule has 4 rings (SSSR count). The van der Waals surface area contributed by atoms with Gasteiger partial charge in [0, 0.05) is 36.5 Å². The van der Waals surface area contributed by atoms with Gasteiger partial charge in [-0.05, 0) is 61.9 Å². The van der Waals surface area contributed by atoms with Crippen LogP contribution in [0.4, 0.5) is 10.1 Å². The summed E-state index contributed by atoms with van der Waals surface area (Å²) in [7, 11) is 0. The van der Waals surface area contributed by atoms with Crippen molar-refractivity contribution < 1.29 is 19.0 Å². The molecular weight excluding hydrogens is 395 g/mol. The largest absolute Gasteiger partial charge is 0.396 e. The van der Waals surface area contributed by atoms with E-state index in [0.29, 0.717) is 24.1 Å². The molecular formula is C25H27FN2O3. The number of dihydropyridines is 1. The van der Waals surface area contributed by atoms with Crippen LogP contribution in [0.3, 0.4) is 0 Å². The first-order valence-electron chi connectivity index (χ1n) is 10.6. The van der Waals surface area contributed by atoms with Crippen molar-refractivity contribution in [1.29, 1.82) is 0 Å². The Bertz CT molecular complexity index is 1000. The maximum absolute atomic E-state index is 13.9. The van der Waals surface area contributed by atoms with E-state index >= 15 is 0 Å². The molecule has 1 fully saturated rings. The highest BCUT2D eigenvalue weighted by Gasteiger charge is 2.29. The predicted molar refractivity (Wildman–Crippen MR) is 119 cm³/mol. The molecule has 0 aliphatic carbocycles. The second kappa shape index (κ2) is 9.45. The lowest BCUT2D eigenvalue weighted by molar-refractivity contribution is -0.00300. The van der Waals surface area contributed by atoms with E-state index in [0.717, 1.165) is 29.8 Å². The molecule has 2 aliphatic heterocycles. The number of ether oxygens (including phenoxy) is 1. The summed E-state index contributed by atoms with van der Waals surface area (Å²) in [5.41, 5.74) is 4.26. The van der Waals surface area contributed by atoms with Gasteiger partial charge in [0.15, 0.2) is 12.0 Å². The van der Waals surface area contributed by atoms with Crippen LogP contribution in [0.1, 0.15) is 33.5 Å². The summed E-state index contributed by atoms with van der Waals surface area (Å²) in [5, 5.41) is 12.5. The van der Waals surface area contributed by atoms with E-state index < -0.39 is 6.23 Å². The van der Waals surface area contributed by atoms with Crippen molar-refractivity contribution in [3.8, 4) is 0 Å². The highest BCUT2D eigenvalue weighted by atomic mass is 19.1. The Labute approximate surface area is 181 Å². The van der Waals surface area contributed by atoms with Gasteiger partial charge in [-0.15, -0.1) is 0 Å². The quantitative estimate of drug-likeness (QED) is 0.667. The molecule has 0 spiro atoms. The zero-order valence-corrected chi connectivity index (χ0v) is 17.6. The highest BCUT2D eigenvalue weighted by molar-refractivity contribution is 6.09. The molecule has 2 atom stereocenters. The molecule has 0 radical (unpaired) electrons. The molecule has 1 saturated heterocycles. The zero-order valence-electron chi connectivity index (χ0n) is 17.6. The number of allylic oxidation sites excluding steroid dienone is 2. The van der Waals surface area contributed by atoms with E-state index in [1.807, 2.05) is 49.4 Å². The third kappa shape index (κ3) is 4.86. The minimum absolute atomic E-state index is 0.00270. The number of halogens is 1. The van der Waals surface area contributed by atoms with Gasteiger partial charge in [0.1, 0.15) is 5.83 Å². The third-order valence-electron chi connectivity index (χ3n) is 5.70. The third-order valence-corrected chi connectivity index (χ3v) is 5.70. The topological polar surface area (TPSA) is 61.8 Å². The Balaban J connectivity index is 1.49. The summed E-state index contributed by atoms with van der Waals surface area (Å²) < 4.78 is 19.8.